The molecule has 30 heavy (non-hydrogen) atoms. The van der Waals surface area contributed by atoms with Crippen LogP contribution in [0.2, 0.25) is 15.1 Å². The average molecular weight is 476 g/mol. The highest BCUT2D eigenvalue weighted by Crippen LogP contribution is 2.41. The minimum atomic E-state index is 0.527. The third kappa shape index (κ3) is 3.54. The van der Waals surface area contributed by atoms with Gasteiger partial charge in [-0.15, -0.1) is 10.2 Å². The number of halogens is 3. The molecule has 0 N–H and O–H groups in total. The van der Waals surface area contributed by atoms with Gasteiger partial charge in [-0.2, -0.15) is 5.10 Å². The van der Waals surface area contributed by atoms with Crippen molar-refractivity contribution in [1.29, 1.82) is 0 Å². The van der Waals surface area contributed by atoms with Crippen LogP contribution in [0.15, 0.2) is 42.5 Å². The van der Waals surface area contributed by atoms with Crippen molar-refractivity contribution in [2.45, 2.75) is 32.1 Å². The maximum absolute atomic E-state index is 6.54. The molecule has 0 aliphatic heterocycles. The molecule has 0 unspecified atom stereocenters. The fourth-order valence-electron chi connectivity index (χ4n) is 3.62. The summed E-state index contributed by atoms with van der Waals surface area (Å²) in [5.74, 6) is 0.542. The van der Waals surface area contributed by atoms with E-state index in [4.69, 9.17) is 39.9 Å². The van der Waals surface area contributed by atoms with Crippen molar-refractivity contribution in [3.8, 4) is 27.6 Å². The first kappa shape index (κ1) is 20.0. The summed E-state index contributed by atoms with van der Waals surface area (Å²) in [5, 5.41) is 17.5. The predicted octanol–water partition coefficient (Wildman–Crippen LogP) is 7.59. The summed E-state index contributed by atoms with van der Waals surface area (Å²) < 4.78 is 1.86. The number of hydrogen-bond donors (Lipinski definition) is 0. The molecule has 2 aromatic heterocycles. The number of rotatable bonds is 4. The first-order valence-electron chi connectivity index (χ1n) is 9.66. The second-order valence-electron chi connectivity index (χ2n) is 7.41. The molecular formula is C22H17Cl3N4S. The highest BCUT2D eigenvalue weighted by molar-refractivity contribution is 7.14. The van der Waals surface area contributed by atoms with Gasteiger partial charge in [0.25, 0.3) is 0 Å². The molecule has 1 saturated carbocycles. The van der Waals surface area contributed by atoms with Crippen LogP contribution in [0.5, 0.6) is 0 Å². The van der Waals surface area contributed by atoms with E-state index in [1.807, 2.05) is 41.1 Å². The highest BCUT2D eigenvalue weighted by Gasteiger charge is 2.26. The fourth-order valence-corrected chi connectivity index (χ4v) is 5.29. The molecule has 2 heterocycles. The molecule has 4 nitrogen and oxygen atoms in total. The van der Waals surface area contributed by atoms with E-state index < -0.39 is 0 Å². The van der Waals surface area contributed by atoms with E-state index in [1.165, 1.54) is 19.3 Å². The molecule has 1 aliphatic carbocycles. The van der Waals surface area contributed by atoms with Crippen molar-refractivity contribution in [1.82, 2.24) is 20.0 Å². The monoisotopic (exact) mass is 474 g/mol. The lowest BCUT2D eigenvalue weighted by molar-refractivity contribution is 0.416. The van der Waals surface area contributed by atoms with Gasteiger partial charge in [-0.1, -0.05) is 64.7 Å². The summed E-state index contributed by atoms with van der Waals surface area (Å²) in [5.41, 5.74) is 4.51. The van der Waals surface area contributed by atoms with Gasteiger partial charge in [-0.3, -0.25) is 0 Å². The minimum absolute atomic E-state index is 0.527. The molecule has 1 aliphatic rings. The van der Waals surface area contributed by atoms with E-state index in [0.29, 0.717) is 21.0 Å². The van der Waals surface area contributed by atoms with Crippen LogP contribution in [-0.2, 0) is 0 Å². The Labute approximate surface area is 193 Å². The third-order valence-corrected chi connectivity index (χ3v) is 7.36. The van der Waals surface area contributed by atoms with Crippen LogP contribution in [-0.4, -0.2) is 20.0 Å². The van der Waals surface area contributed by atoms with E-state index in [1.54, 1.807) is 17.4 Å². The van der Waals surface area contributed by atoms with Gasteiger partial charge in [0.1, 0.15) is 10.7 Å². The maximum Gasteiger partial charge on any atom is 0.168 e. The van der Waals surface area contributed by atoms with Crippen LogP contribution in [0.4, 0.5) is 0 Å². The zero-order chi connectivity index (χ0) is 20.8. The van der Waals surface area contributed by atoms with E-state index in [9.17, 15) is 0 Å². The van der Waals surface area contributed by atoms with Crippen LogP contribution < -0.4 is 0 Å². The summed E-state index contributed by atoms with van der Waals surface area (Å²) in [4.78, 5) is 0. The van der Waals surface area contributed by atoms with Crippen molar-refractivity contribution in [2.75, 3.05) is 0 Å². The summed E-state index contributed by atoms with van der Waals surface area (Å²) in [6.07, 6.45) is 3.65. The zero-order valence-corrected chi connectivity index (χ0v) is 19.2. The standard InChI is InChI=1S/C22H17Cl3N4S/c1-12-19(22-27-26-21(30-22)14-3-2-4-14)28-29(18-10-9-16(24)11-17(18)25)20(12)13-5-7-15(23)8-6-13/h5-11,14H,2-4H2,1H3. The van der Waals surface area contributed by atoms with E-state index >= 15 is 0 Å². The molecule has 4 aromatic rings. The molecule has 2 aromatic carbocycles. The number of hydrogen-bond acceptors (Lipinski definition) is 4. The van der Waals surface area contributed by atoms with Gasteiger partial charge in [-0.25, -0.2) is 4.68 Å². The van der Waals surface area contributed by atoms with Crippen molar-refractivity contribution in [3.63, 3.8) is 0 Å². The molecule has 0 spiro atoms. The normalized spacial score (nSPS) is 14.1. The van der Waals surface area contributed by atoms with Crippen molar-refractivity contribution in [2.24, 2.45) is 0 Å². The van der Waals surface area contributed by atoms with Gasteiger partial charge in [0.05, 0.1) is 16.4 Å². The number of benzene rings is 2. The molecule has 5 rings (SSSR count). The van der Waals surface area contributed by atoms with Crippen LogP contribution in [0.3, 0.4) is 0 Å². The summed E-state index contributed by atoms with van der Waals surface area (Å²) in [6.45, 7) is 2.05. The lowest BCUT2D eigenvalue weighted by Gasteiger charge is -2.21. The van der Waals surface area contributed by atoms with E-state index in [2.05, 4.69) is 17.1 Å². The molecule has 0 radical (unpaired) electrons. The second-order valence-corrected chi connectivity index (χ2v) is 9.70. The van der Waals surface area contributed by atoms with Gasteiger partial charge in [-0.05, 0) is 50.1 Å². The van der Waals surface area contributed by atoms with Crippen LogP contribution >= 0.6 is 46.1 Å². The van der Waals surface area contributed by atoms with Gasteiger partial charge in [0.15, 0.2) is 5.01 Å². The first-order chi connectivity index (χ1) is 14.5. The summed E-state index contributed by atoms with van der Waals surface area (Å²) in [6, 6.07) is 13.1. The quantitative estimate of drug-likeness (QED) is 0.305. The Morgan fingerprint density at radius 3 is 2.37 bits per heavy atom. The first-order valence-corrected chi connectivity index (χ1v) is 11.6. The summed E-state index contributed by atoms with van der Waals surface area (Å²) >= 11 is 20.4. The zero-order valence-electron chi connectivity index (χ0n) is 16.1. The third-order valence-electron chi connectivity index (χ3n) is 5.48. The van der Waals surface area contributed by atoms with Gasteiger partial charge < -0.3 is 0 Å². The van der Waals surface area contributed by atoms with Crippen molar-refractivity contribution in [3.05, 3.63) is 68.1 Å². The highest BCUT2D eigenvalue weighted by atomic mass is 35.5. The number of nitrogens with zero attached hydrogens (tertiary/aromatic N) is 4. The molecular weight excluding hydrogens is 459 g/mol. The Morgan fingerprint density at radius 1 is 0.967 bits per heavy atom. The summed E-state index contributed by atoms with van der Waals surface area (Å²) in [7, 11) is 0. The lowest BCUT2D eigenvalue weighted by Crippen LogP contribution is -2.07. The second kappa shape index (κ2) is 7.97. The maximum atomic E-state index is 6.54. The Hall–Kier alpha value is -1.92. The van der Waals surface area contributed by atoms with E-state index in [0.717, 1.165) is 38.2 Å². The minimum Gasteiger partial charge on any atom is -0.231 e. The SMILES string of the molecule is Cc1c(-c2nnc(C3CCC3)s2)nn(-c2ccc(Cl)cc2Cl)c1-c1ccc(Cl)cc1. The van der Waals surface area contributed by atoms with Crippen LogP contribution in [0.25, 0.3) is 27.6 Å². The van der Waals surface area contributed by atoms with E-state index in [-0.39, 0.29) is 0 Å². The van der Waals surface area contributed by atoms with Crippen LogP contribution in [0, 0.1) is 6.92 Å². The van der Waals surface area contributed by atoms with Gasteiger partial charge in [0.2, 0.25) is 0 Å². The molecule has 152 valence electrons. The van der Waals surface area contributed by atoms with Gasteiger partial charge in [0, 0.05) is 27.1 Å². The Morgan fingerprint density at radius 2 is 1.70 bits per heavy atom. The lowest BCUT2D eigenvalue weighted by atomic mass is 9.86. The van der Waals surface area contributed by atoms with Gasteiger partial charge >= 0.3 is 0 Å². The predicted molar refractivity (Wildman–Crippen MR) is 124 cm³/mol. The molecule has 0 amide bonds. The van der Waals surface area contributed by atoms with Crippen molar-refractivity contribution >= 4 is 46.1 Å². The topological polar surface area (TPSA) is 43.6 Å². The molecule has 0 bridgehead atoms. The Kier molecular flexibility index (Phi) is 5.31. The Bertz CT molecular complexity index is 1230. The molecule has 1 fully saturated rings. The van der Waals surface area contributed by atoms with Crippen molar-refractivity contribution < 1.29 is 0 Å². The van der Waals surface area contributed by atoms with Crippen LogP contribution in [0.1, 0.15) is 35.8 Å². The fraction of sp³-hybridized carbons (Fsp3) is 0.227. The average Bonchev–Trinajstić information content (AvgIpc) is 3.26. The smallest absolute Gasteiger partial charge is 0.168 e. The molecule has 0 atom stereocenters. The molecule has 0 saturated heterocycles. The molecule has 8 heteroatoms. The number of aromatic nitrogens is 4. The largest absolute Gasteiger partial charge is 0.231 e. The Balaban J connectivity index is 1.69.